The predicted molar refractivity (Wildman–Crippen MR) is 40.5 cm³/mol. The van der Waals surface area contributed by atoms with Crippen LogP contribution in [0.4, 0.5) is 13.2 Å². The van der Waals surface area contributed by atoms with Gasteiger partial charge in [-0.15, -0.1) is 0 Å². The quantitative estimate of drug-likeness (QED) is 0.699. The summed E-state index contributed by atoms with van der Waals surface area (Å²) in [5, 5.41) is 3.38. The number of hydrogen-bond acceptors (Lipinski definition) is 2. The van der Waals surface area contributed by atoms with Crippen LogP contribution < -0.4 is 0 Å². The monoisotopic (exact) mass is 204 g/mol. The van der Waals surface area contributed by atoms with E-state index < -0.39 is 11.9 Å². The Morgan fingerprint density at radius 1 is 1.43 bits per heavy atom. The van der Waals surface area contributed by atoms with Gasteiger partial charge in [-0.05, 0) is 6.07 Å². The minimum absolute atomic E-state index is 0.0686. The molecular formula is C8H7F3N2O. The molecule has 2 rings (SSSR count). The highest BCUT2D eigenvalue weighted by molar-refractivity contribution is 5.85. The molecule has 0 radical (unpaired) electrons. The van der Waals surface area contributed by atoms with E-state index in [2.05, 4.69) is 5.10 Å². The molecule has 0 aliphatic heterocycles. The Morgan fingerprint density at radius 2 is 2.07 bits per heavy atom. The maximum absolute atomic E-state index is 12.1. The second kappa shape index (κ2) is 2.83. The molecule has 0 spiro atoms. The average molecular weight is 204 g/mol. The molecule has 1 aliphatic rings. The van der Waals surface area contributed by atoms with E-state index in [9.17, 15) is 18.0 Å². The maximum atomic E-state index is 12.1. The van der Waals surface area contributed by atoms with Crippen LogP contribution in [0, 0.1) is 0 Å². The predicted octanol–water partition coefficient (Wildman–Crippen LogP) is 1.81. The molecule has 0 amide bonds. The molecule has 1 aliphatic carbocycles. The van der Waals surface area contributed by atoms with Crippen molar-refractivity contribution in [1.29, 1.82) is 0 Å². The van der Waals surface area contributed by atoms with Crippen molar-refractivity contribution < 1.29 is 18.0 Å². The van der Waals surface area contributed by atoms with Gasteiger partial charge in [0.2, 0.25) is 0 Å². The molecular weight excluding hydrogens is 197 g/mol. The largest absolute Gasteiger partial charge is 0.435 e. The van der Waals surface area contributed by atoms with Gasteiger partial charge < -0.3 is 0 Å². The number of Topliss-reactive ketones (excluding diaryl/α,β-unsaturated/α-hetero) is 1. The van der Waals surface area contributed by atoms with Gasteiger partial charge in [0.15, 0.2) is 5.69 Å². The number of rotatable bonds is 1. The molecule has 1 saturated carbocycles. The van der Waals surface area contributed by atoms with Gasteiger partial charge in [0.05, 0.1) is 6.04 Å². The highest BCUT2D eigenvalue weighted by atomic mass is 19.4. The molecule has 0 bridgehead atoms. The number of ketones is 1. The lowest BCUT2D eigenvalue weighted by Crippen LogP contribution is -2.27. The van der Waals surface area contributed by atoms with Gasteiger partial charge in [0.1, 0.15) is 5.78 Å². The second-order valence-corrected chi connectivity index (χ2v) is 3.28. The fraction of sp³-hybridized carbons (Fsp3) is 0.500. The molecule has 0 N–H and O–H groups in total. The van der Waals surface area contributed by atoms with E-state index in [0.717, 1.165) is 6.07 Å². The van der Waals surface area contributed by atoms with Crippen LogP contribution in [0.15, 0.2) is 12.3 Å². The lowest BCUT2D eigenvalue weighted by atomic mass is 9.92. The average Bonchev–Trinajstić information content (AvgIpc) is 2.45. The minimum atomic E-state index is -4.40. The Morgan fingerprint density at radius 3 is 2.50 bits per heavy atom. The molecule has 0 saturated heterocycles. The summed E-state index contributed by atoms with van der Waals surface area (Å²) in [6, 6.07) is 0.738. The van der Waals surface area contributed by atoms with Crippen LogP contribution in [0.3, 0.4) is 0 Å². The van der Waals surface area contributed by atoms with Gasteiger partial charge in [-0.2, -0.15) is 18.3 Å². The van der Waals surface area contributed by atoms with Gasteiger partial charge >= 0.3 is 6.18 Å². The van der Waals surface area contributed by atoms with Crippen molar-refractivity contribution in [2.45, 2.75) is 25.1 Å². The topological polar surface area (TPSA) is 34.9 Å². The highest BCUT2D eigenvalue weighted by Gasteiger charge is 2.35. The standard InChI is InChI=1S/C8H7F3N2O/c9-8(10,11)7-1-2-13(12-7)5-3-6(14)4-5/h1-2,5H,3-4H2. The SMILES string of the molecule is O=C1CC(n2ccc(C(F)(F)F)n2)C1. The summed E-state index contributed by atoms with van der Waals surface area (Å²) < 4.78 is 37.6. The van der Waals surface area contributed by atoms with Crippen molar-refractivity contribution in [2.24, 2.45) is 0 Å². The normalized spacial score (nSPS) is 18.4. The van der Waals surface area contributed by atoms with E-state index in [1.807, 2.05) is 0 Å². The first-order valence-corrected chi connectivity index (χ1v) is 4.11. The Balaban J connectivity index is 2.14. The van der Waals surface area contributed by atoms with Crippen LogP contribution in [0.25, 0.3) is 0 Å². The molecule has 1 aromatic rings. The molecule has 6 heteroatoms. The third-order valence-corrected chi connectivity index (χ3v) is 2.20. The third-order valence-electron chi connectivity index (χ3n) is 2.20. The number of nitrogens with zero attached hydrogens (tertiary/aromatic N) is 2. The number of aromatic nitrogens is 2. The van der Waals surface area contributed by atoms with Crippen molar-refractivity contribution in [3.8, 4) is 0 Å². The van der Waals surface area contributed by atoms with E-state index in [1.165, 1.54) is 10.9 Å². The molecule has 0 unspecified atom stereocenters. The van der Waals surface area contributed by atoms with Crippen molar-refractivity contribution in [3.05, 3.63) is 18.0 Å². The van der Waals surface area contributed by atoms with Gasteiger partial charge in [-0.25, -0.2) is 0 Å². The summed E-state index contributed by atoms with van der Waals surface area (Å²) in [4.78, 5) is 10.6. The Kier molecular flexibility index (Phi) is 1.87. The summed E-state index contributed by atoms with van der Waals surface area (Å²) >= 11 is 0. The molecule has 0 atom stereocenters. The number of halogens is 3. The summed E-state index contributed by atoms with van der Waals surface area (Å²) in [7, 11) is 0. The van der Waals surface area contributed by atoms with Crippen LogP contribution in [0.2, 0.25) is 0 Å². The number of carbonyl (C=O) groups excluding carboxylic acids is 1. The van der Waals surface area contributed by atoms with E-state index in [4.69, 9.17) is 0 Å². The Hall–Kier alpha value is -1.33. The first-order valence-electron chi connectivity index (χ1n) is 4.11. The smallest absolute Gasteiger partial charge is 0.300 e. The molecule has 0 aromatic carbocycles. The zero-order chi connectivity index (χ0) is 10.3. The van der Waals surface area contributed by atoms with E-state index in [1.54, 1.807) is 0 Å². The van der Waals surface area contributed by atoms with Crippen LogP contribution in [0.5, 0.6) is 0 Å². The number of carbonyl (C=O) groups is 1. The summed E-state index contributed by atoms with van der Waals surface area (Å²) in [5.41, 5.74) is -0.906. The maximum Gasteiger partial charge on any atom is 0.435 e. The fourth-order valence-corrected chi connectivity index (χ4v) is 1.35. The molecule has 3 nitrogen and oxygen atoms in total. The summed E-state index contributed by atoms with van der Waals surface area (Å²) in [6.45, 7) is 0. The Labute approximate surface area is 77.5 Å². The van der Waals surface area contributed by atoms with Gasteiger partial charge in [-0.3, -0.25) is 9.48 Å². The molecule has 76 valence electrons. The van der Waals surface area contributed by atoms with Gasteiger partial charge in [0.25, 0.3) is 0 Å². The number of hydrogen-bond donors (Lipinski definition) is 0. The van der Waals surface area contributed by atoms with Crippen LogP contribution in [0.1, 0.15) is 24.6 Å². The number of alkyl halides is 3. The van der Waals surface area contributed by atoms with Gasteiger partial charge in [0, 0.05) is 19.0 Å². The zero-order valence-electron chi connectivity index (χ0n) is 7.08. The second-order valence-electron chi connectivity index (χ2n) is 3.28. The molecule has 1 aromatic heterocycles. The molecule has 1 heterocycles. The van der Waals surface area contributed by atoms with Gasteiger partial charge in [-0.1, -0.05) is 0 Å². The fourth-order valence-electron chi connectivity index (χ4n) is 1.35. The molecule has 14 heavy (non-hydrogen) atoms. The lowest BCUT2D eigenvalue weighted by molar-refractivity contribution is -0.141. The first kappa shape index (κ1) is 9.23. The van der Waals surface area contributed by atoms with E-state index in [0.29, 0.717) is 12.8 Å². The van der Waals surface area contributed by atoms with Crippen LogP contribution in [-0.4, -0.2) is 15.6 Å². The van der Waals surface area contributed by atoms with E-state index >= 15 is 0 Å². The molecule has 1 fully saturated rings. The zero-order valence-corrected chi connectivity index (χ0v) is 7.08. The first-order chi connectivity index (χ1) is 6.47. The van der Waals surface area contributed by atoms with Crippen LogP contribution in [-0.2, 0) is 11.0 Å². The minimum Gasteiger partial charge on any atom is -0.300 e. The van der Waals surface area contributed by atoms with Crippen molar-refractivity contribution >= 4 is 5.78 Å². The van der Waals surface area contributed by atoms with Crippen LogP contribution >= 0.6 is 0 Å². The van der Waals surface area contributed by atoms with Crippen molar-refractivity contribution in [3.63, 3.8) is 0 Å². The highest BCUT2D eigenvalue weighted by Crippen LogP contribution is 2.31. The van der Waals surface area contributed by atoms with Crippen molar-refractivity contribution in [1.82, 2.24) is 9.78 Å². The summed E-state index contributed by atoms with van der Waals surface area (Å²) in [6.07, 6.45) is -2.56. The third kappa shape index (κ3) is 1.51. The Bertz CT molecular complexity index is 361. The lowest BCUT2D eigenvalue weighted by Gasteiger charge is -2.24. The van der Waals surface area contributed by atoms with Crippen molar-refractivity contribution in [2.75, 3.05) is 0 Å². The summed E-state index contributed by atoms with van der Waals surface area (Å²) in [5.74, 6) is 0.0686. The van der Waals surface area contributed by atoms with E-state index in [-0.39, 0.29) is 11.8 Å².